The molecule has 1 atom stereocenters. The largest absolute Gasteiger partial charge is 0.480 e. The predicted molar refractivity (Wildman–Crippen MR) is 55.1 cm³/mol. The van der Waals surface area contributed by atoms with Crippen LogP contribution >= 0.6 is 0 Å². The number of benzene rings is 1. The zero-order valence-electron chi connectivity index (χ0n) is 8.29. The lowest BCUT2D eigenvalue weighted by Gasteiger charge is -2.14. The highest BCUT2D eigenvalue weighted by Crippen LogP contribution is 2.07. The van der Waals surface area contributed by atoms with Crippen molar-refractivity contribution in [3.63, 3.8) is 0 Å². The van der Waals surface area contributed by atoms with Crippen LogP contribution in [0, 0.1) is 0 Å². The van der Waals surface area contributed by atoms with Gasteiger partial charge in [-0.15, -0.1) is 0 Å². The van der Waals surface area contributed by atoms with Crippen LogP contribution in [0.15, 0.2) is 30.3 Å². The number of hydrogen-bond acceptors (Lipinski definition) is 4. The van der Waals surface area contributed by atoms with E-state index in [2.05, 4.69) is 10.1 Å². The maximum Gasteiger partial charge on any atom is 0.354 e. The first kappa shape index (κ1) is 12.0. The van der Waals surface area contributed by atoms with Crippen LogP contribution in [-0.2, 0) is 14.3 Å². The second kappa shape index (κ2) is 5.72. The van der Waals surface area contributed by atoms with E-state index in [9.17, 15) is 9.59 Å². The highest BCUT2D eigenvalue weighted by Gasteiger charge is 2.18. The van der Waals surface area contributed by atoms with Crippen LogP contribution < -0.4 is 5.32 Å². The average molecular weight is 225 g/mol. The van der Waals surface area contributed by atoms with Gasteiger partial charge in [0.25, 0.3) is 0 Å². The van der Waals surface area contributed by atoms with Gasteiger partial charge in [-0.05, 0) is 12.1 Å². The van der Waals surface area contributed by atoms with Crippen LogP contribution in [0.25, 0.3) is 0 Å². The van der Waals surface area contributed by atoms with Crippen molar-refractivity contribution in [2.24, 2.45) is 0 Å². The number of hydrogen-bond donors (Lipinski definition) is 3. The van der Waals surface area contributed by atoms with E-state index in [0.29, 0.717) is 5.69 Å². The first-order chi connectivity index (χ1) is 7.59. The summed E-state index contributed by atoms with van der Waals surface area (Å²) in [5.74, 6) is -2.49. The minimum atomic E-state index is -1.38. The second-order valence-electron chi connectivity index (χ2n) is 2.93. The molecule has 0 spiro atoms. The Morgan fingerprint density at radius 2 is 1.88 bits per heavy atom. The molecule has 0 aliphatic heterocycles. The molecule has 6 nitrogen and oxygen atoms in total. The lowest BCUT2D eigenvalue weighted by Crippen LogP contribution is -2.33. The standard InChI is InChI=1S/C10H11NO5/c12-8(13)6-16-9(10(14)15)11-7-4-2-1-3-5-7/h1-5,9,11H,6H2,(H,12,13)(H,14,15). The molecule has 3 N–H and O–H groups in total. The molecule has 0 bridgehead atoms. The van der Waals surface area contributed by atoms with E-state index in [4.69, 9.17) is 10.2 Å². The Hall–Kier alpha value is -2.08. The van der Waals surface area contributed by atoms with Gasteiger partial charge in [0, 0.05) is 5.69 Å². The molecule has 1 unspecified atom stereocenters. The number of rotatable bonds is 6. The van der Waals surface area contributed by atoms with Crippen molar-refractivity contribution >= 4 is 17.6 Å². The van der Waals surface area contributed by atoms with Crippen molar-refractivity contribution in [1.29, 1.82) is 0 Å². The fourth-order valence-electron chi connectivity index (χ4n) is 1.02. The molecule has 0 saturated carbocycles. The Kier molecular flexibility index (Phi) is 4.28. The summed E-state index contributed by atoms with van der Waals surface area (Å²) in [6, 6.07) is 8.52. The zero-order chi connectivity index (χ0) is 12.0. The van der Waals surface area contributed by atoms with E-state index in [0.717, 1.165) is 0 Å². The van der Waals surface area contributed by atoms with E-state index in [1.807, 2.05) is 0 Å². The molecule has 6 heteroatoms. The van der Waals surface area contributed by atoms with Crippen molar-refractivity contribution in [2.45, 2.75) is 6.23 Å². The summed E-state index contributed by atoms with van der Waals surface area (Å²) in [7, 11) is 0. The van der Waals surface area contributed by atoms with E-state index < -0.39 is 24.8 Å². The maximum atomic E-state index is 10.7. The van der Waals surface area contributed by atoms with Gasteiger partial charge in [0.15, 0.2) is 0 Å². The van der Waals surface area contributed by atoms with Crippen molar-refractivity contribution in [2.75, 3.05) is 11.9 Å². The molecule has 86 valence electrons. The number of ether oxygens (including phenoxy) is 1. The first-order valence-corrected chi connectivity index (χ1v) is 4.47. The molecule has 0 heterocycles. The summed E-state index contributed by atoms with van der Waals surface area (Å²) < 4.78 is 4.66. The summed E-state index contributed by atoms with van der Waals surface area (Å²) in [5.41, 5.74) is 0.542. The normalized spacial score (nSPS) is 11.8. The Bertz CT molecular complexity index is 365. The Morgan fingerprint density at radius 3 is 2.38 bits per heavy atom. The van der Waals surface area contributed by atoms with Gasteiger partial charge in [-0.25, -0.2) is 9.59 Å². The van der Waals surface area contributed by atoms with Gasteiger partial charge in [0.1, 0.15) is 6.61 Å². The van der Waals surface area contributed by atoms with E-state index in [1.165, 1.54) is 0 Å². The summed E-state index contributed by atoms with van der Waals surface area (Å²) in [6.45, 7) is -0.670. The topological polar surface area (TPSA) is 95.9 Å². The molecule has 1 rings (SSSR count). The van der Waals surface area contributed by atoms with Crippen LogP contribution in [0.4, 0.5) is 5.69 Å². The zero-order valence-corrected chi connectivity index (χ0v) is 8.29. The minimum absolute atomic E-state index is 0.542. The molecule has 16 heavy (non-hydrogen) atoms. The Labute approximate surface area is 91.5 Å². The monoisotopic (exact) mass is 225 g/mol. The number of carboxylic acid groups (broad SMARTS) is 2. The molecule has 0 aliphatic carbocycles. The number of carboxylic acids is 2. The highest BCUT2D eigenvalue weighted by atomic mass is 16.5. The molecular formula is C10H11NO5. The highest BCUT2D eigenvalue weighted by molar-refractivity contribution is 5.76. The van der Waals surface area contributed by atoms with Crippen molar-refractivity contribution in [1.82, 2.24) is 0 Å². The lowest BCUT2D eigenvalue weighted by atomic mass is 10.3. The smallest absolute Gasteiger partial charge is 0.354 e. The fraction of sp³-hybridized carbons (Fsp3) is 0.200. The second-order valence-corrected chi connectivity index (χ2v) is 2.93. The van der Waals surface area contributed by atoms with Crippen molar-refractivity contribution in [3.8, 4) is 0 Å². The Morgan fingerprint density at radius 1 is 1.25 bits per heavy atom. The van der Waals surface area contributed by atoms with E-state index in [-0.39, 0.29) is 0 Å². The van der Waals surface area contributed by atoms with Gasteiger partial charge in [0.2, 0.25) is 6.23 Å². The maximum absolute atomic E-state index is 10.7. The van der Waals surface area contributed by atoms with Gasteiger partial charge >= 0.3 is 11.9 Å². The molecule has 1 aromatic rings. The van der Waals surface area contributed by atoms with E-state index in [1.54, 1.807) is 30.3 Å². The predicted octanol–water partition coefficient (Wildman–Crippen LogP) is 0.610. The molecule has 0 radical (unpaired) electrons. The Balaban J connectivity index is 2.58. The van der Waals surface area contributed by atoms with Crippen LogP contribution in [0.3, 0.4) is 0 Å². The summed E-state index contributed by atoms with van der Waals surface area (Å²) in [4.78, 5) is 21.0. The third-order valence-electron chi connectivity index (χ3n) is 1.67. The third kappa shape index (κ3) is 3.97. The number of anilines is 1. The van der Waals surface area contributed by atoms with Crippen LogP contribution in [0.5, 0.6) is 0 Å². The SMILES string of the molecule is O=C(O)COC(Nc1ccccc1)C(=O)O. The molecule has 0 saturated heterocycles. The van der Waals surface area contributed by atoms with Crippen molar-refractivity contribution < 1.29 is 24.5 Å². The fourth-order valence-corrected chi connectivity index (χ4v) is 1.02. The lowest BCUT2D eigenvalue weighted by molar-refractivity contribution is -0.154. The molecular weight excluding hydrogens is 214 g/mol. The number of nitrogens with one attached hydrogen (secondary N) is 1. The van der Waals surface area contributed by atoms with Gasteiger partial charge in [-0.3, -0.25) is 0 Å². The summed E-state index contributed by atoms with van der Waals surface area (Å²) in [6.07, 6.45) is -1.38. The minimum Gasteiger partial charge on any atom is -0.480 e. The quantitative estimate of drug-likeness (QED) is 0.614. The molecule has 0 amide bonds. The molecule has 1 aromatic carbocycles. The van der Waals surface area contributed by atoms with Gasteiger partial charge in [0.05, 0.1) is 0 Å². The van der Waals surface area contributed by atoms with Crippen LogP contribution in [0.2, 0.25) is 0 Å². The van der Waals surface area contributed by atoms with Gasteiger partial charge in [-0.2, -0.15) is 0 Å². The molecule has 0 fully saturated rings. The van der Waals surface area contributed by atoms with Gasteiger partial charge < -0.3 is 20.3 Å². The first-order valence-electron chi connectivity index (χ1n) is 4.47. The molecule has 0 aliphatic rings. The third-order valence-corrected chi connectivity index (χ3v) is 1.67. The van der Waals surface area contributed by atoms with Gasteiger partial charge in [-0.1, -0.05) is 18.2 Å². The average Bonchev–Trinajstić information content (AvgIpc) is 2.25. The molecule has 0 aromatic heterocycles. The van der Waals surface area contributed by atoms with Crippen LogP contribution in [-0.4, -0.2) is 35.0 Å². The van der Waals surface area contributed by atoms with Crippen molar-refractivity contribution in [3.05, 3.63) is 30.3 Å². The summed E-state index contributed by atoms with van der Waals surface area (Å²) in [5, 5.41) is 19.7. The number of para-hydroxylation sites is 1. The number of aliphatic carboxylic acids is 2. The summed E-state index contributed by atoms with van der Waals surface area (Å²) >= 11 is 0. The number of carbonyl (C=O) groups is 2. The van der Waals surface area contributed by atoms with E-state index >= 15 is 0 Å². The van der Waals surface area contributed by atoms with Crippen LogP contribution in [0.1, 0.15) is 0 Å².